The second-order valence-electron chi connectivity index (χ2n) is 2.32. The highest BCUT2D eigenvalue weighted by Gasteiger charge is 2.04. The Kier molecular flexibility index (Phi) is 3.30. The van der Waals surface area contributed by atoms with Crippen molar-refractivity contribution in [1.29, 1.82) is 0 Å². The first-order valence-electron chi connectivity index (χ1n) is 3.81. The van der Waals surface area contributed by atoms with Crippen molar-refractivity contribution >= 4 is 0 Å². The van der Waals surface area contributed by atoms with E-state index in [9.17, 15) is 4.39 Å². The van der Waals surface area contributed by atoms with Gasteiger partial charge in [-0.25, -0.2) is 4.39 Å². The van der Waals surface area contributed by atoms with Gasteiger partial charge in [-0.15, -0.1) is 0 Å². The smallest absolute Gasteiger partial charge is 0.142 e. The summed E-state index contributed by atoms with van der Waals surface area (Å²) in [4.78, 5) is 0. The number of benzene rings is 1. The van der Waals surface area contributed by atoms with E-state index in [1.54, 1.807) is 12.1 Å². The van der Waals surface area contributed by atoms with Gasteiger partial charge in [0.25, 0.3) is 0 Å². The Bertz CT molecular complexity index is 352. The van der Waals surface area contributed by atoms with Gasteiger partial charge >= 0.3 is 0 Å². The molecule has 0 saturated carbocycles. The number of rotatable bonds is 1. The fraction of sp³-hybridized carbons (Fsp3) is 0.200. The highest BCUT2D eigenvalue weighted by molar-refractivity contribution is 5.46. The highest BCUT2D eigenvalue weighted by atomic mass is 19.1. The van der Waals surface area contributed by atoms with Crippen LogP contribution in [-0.2, 0) is 0 Å². The van der Waals surface area contributed by atoms with Gasteiger partial charge in [-0.1, -0.05) is 17.9 Å². The van der Waals surface area contributed by atoms with E-state index in [1.165, 1.54) is 13.2 Å². The minimum absolute atomic E-state index is 0.206. The number of hydrogen-bond donors (Lipinski definition) is 1. The van der Waals surface area contributed by atoms with Crippen LogP contribution in [0, 0.1) is 17.7 Å². The van der Waals surface area contributed by atoms with Gasteiger partial charge < -0.3 is 10.5 Å². The molecule has 0 saturated heterocycles. The van der Waals surface area contributed by atoms with Crippen LogP contribution >= 0.6 is 0 Å². The molecule has 68 valence electrons. The van der Waals surface area contributed by atoms with E-state index in [0.717, 1.165) is 0 Å². The van der Waals surface area contributed by atoms with Gasteiger partial charge in [0.15, 0.2) is 0 Å². The average Bonchev–Trinajstić information content (AvgIpc) is 2.15. The maximum atomic E-state index is 13.1. The number of halogens is 1. The van der Waals surface area contributed by atoms with Gasteiger partial charge in [-0.05, 0) is 12.1 Å². The number of methoxy groups -OCH3 is 1. The predicted octanol–water partition coefficient (Wildman–Crippen LogP) is 1.14. The Morgan fingerprint density at radius 2 is 2.31 bits per heavy atom. The van der Waals surface area contributed by atoms with Crippen LogP contribution in [0.1, 0.15) is 5.56 Å². The van der Waals surface area contributed by atoms with Crippen molar-refractivity contribution in [3.63, 3.8) is 0 Å². The lowest BCUT2D eigenvalue weighted by Crippen LogP contribution is -1.95. The molecule has 0 amide bonds. The van der Waals surface area contributed by atoms with Gasteiger partial charge in [-0.3, -0.25) is 0 Å². The second-order valence-corrected chi connectivity index (χ2v) is 2.32. The van der Waals surface area contributed by atoms with E-state index in [4.69, 9.17) is 10.5 Å². The minimum Gasteiger partial charge on any atom is -0.495 e. The molecular weight excluding hydrogens is 169 g/mol. The molecule has 1 rings (SSSR count). The summed E-state index contributed by atoms with van der Waals surface area (Å²) < 4.78 is 18.1. The molecule has 3 heteroatoms. The molecule has 1 aromatic carbocycles. The third kappa shape index (κ3) is 2.20. The Morgan fingerprint density at radius 1 is 1.54 bits per heavy atom. The molecule has 0 radical (unpaired) electrons. The zero-order valence-corrected chi connectivity index (χ0v) is 7.30. The molecule has 0 atom stereocenters. The molecule has 2 N–H and O–H groups in total. The quantitative estimate of drug-likeness (QED) is 0.656. The predicted molar refractivity (Wildman–Crippen MR) is 48.9 cm³/mol. The van der Waals surface area contributed by atoms with Crippen molar-refractivity contribution in [3.8, 4) is 17.6 Å². The summed E-state index contributed by atoms with van der Waals surface area (Å²) in [5, 5.41) is 0. The molecule has 0 heterocycles. The first kappa shape index (κ1) is 9.56. The van der Waals surface area contributed by atoms with Gasteiger partial charge in [0.05, 0.1) is 13.7 Å². The van der Waals surface area contributed by atoms with Crippen LogP contribution in [0.2, 0.25) is 0 Å². The molecule has 0 aliphatic heterocycles. The number of hydrogen-bond acceptors (Lipinski definition) is 2. The monoisotopic (exact) mass is 179 g/mol. The molecule has 13 heavy (non-hydrogen) atoms. The highest BCUT2D eigenvalue weighted by Crippen LogP contribution is 2.19. The topological polar surface area (TPSA) is 35.2 Å². The van der Waals surface area contributed by atoms with Crippen LogP contribution in [0.15, 0.2) is 18.2 Å². The van der Waals surface area contributed by atoms with E-state index in [-0.39, 0.29) is 17.9 Å². The molecular formula is C10H10FNO. The van der Waals surface area contributed by atoms with Crippen LogP contribution in [0.25, 0.3) is 0 Å². The SMILES string of the molecule is COc1cccc(F)c1C#CCN. The van der Waals surface area contributed by atoms with E-state index < -0.39 is 0 Å². The Balaban J connectivity index is 3.15. The zero-order chi connectivity index (χ0) is 9.68. The average molecular weight is 179 g/mol. The Labute approximate surface area is 76.5 Å². The maximum absolute atomic E-state index is 13.1. The maximum Gasteiger partial charge on any atom is 0.142 e. The third-order valence-corrected chi connectivity index (χ3v) is 1.51. The molecule has 1 aromatic rings. The fourth-order valence-corrected chi connectivity index (χ4v) is 0.935. The molecule has 0 aliphatic carbocycles. The molecule has 0 spiro atoms. The van der Waals surface area contributed by atoms with Crippen LogP contribution < -0.4 is 10.5 Å². The summed E-state index contributed by atoms with van der Waals surface area (Å²) >= 11 is 0. The van der Waals surface area contributed by atoms with E-state index >= 15 is 0 Å². The summed E-state index contributed by atoms with van der Waals surface area (Å²) in [6.45, 7) is 0.206. The minimum atomic E-state index is -0.389. The first-order chi connectivity index (χ1) is 6.29. The van der Waals surface area contributed by atoms with E-state index in [2.05, 4.69) is 11.8 Å². The van der Waals surface area contributed by atoms with Gasteiger partial charge in [0.1, 0.15) is 17.1 Å². The number of nitrogens with two attached hydrogens (primary N) is 1. The molecule has 0 bridgehead atoms. The largest absolute Gasteiger partial charge is 0.495 e. The molecule has 0 aromatic heterocycles. The molecule has 2 nitrogen and oxygen atoms in total. The Hall–Kier alpha value is -1.53. The lowest BCUT2D eigenvalue weighted by atomic mass is 10.2. The standard InChI is InChI=1S/C10H10FNO/c1-13-10-6-2-5-9(11)8(10)4-3-7-12/h2,5-6H,7,12H2,1H3. The lowest BCUT2D eigenvalue weighted by Gasteiger charge is -2.02. The summed E-state index contributed by atoms with van der Waals surface area (Å²) in [6.07, 6.45) is 0. The van der Waals surface area contributed by atoms with Gasteiger partial charge in [-0.2, -0.15) is 0 Å². The lowest BCUT2D eigenvalue weighted by molar-refractivity contribution is 0.409. The van der Waals surface area contributed by atoms with Crippen LogP contribution in [-0.4, -0.2) is 13.7 Å². The number of ether oxygens (including phenoxy) is 1. The molecule has 0 aliphatic rings. The zero-order valence-electron chi connectivity index (χ0n) is 7.30. The molecule has 0 unspecified atom stereocenters. The summed E-state index contributed by atoms with van der Waals surface area (Å²) in [5.41, 5.74) is 5.44. The van der Waals surface area contributed by atoms with Gasteiger partial charge in [0.2, 0.25) is 0 Å². The van der Waals surface area contributed by atoms with Crippen LogP contribution in [0.3, 0.4) is 0 Å². The van der Waals surface area contributed by atoms with E-state index in [0.29, 0.717) is 5.75 Å². The van der Waals surface area contributed by atoms with Crippen molar-refractivity contribution in [2.75, 3.05) is 13.7 Å². The Morgan fingerprint density at radius 3 is 2.92 bits per heavy atom. The fourth-order valence-electron chi connectivity index (χ4n) is 0.935. The van der Waals surface area contributed by atoms with Crippen molar-refractivity contribution in [2.45, 2.75) is 0 Å². The van der Waals surface area contributed by atoms with Crippen LogP contribution in [0.4, 0.5) is 4.39 Å². The molecule has 0 fully saturated rings. The summed E-state index contributed by atoms with van der Waals surface area (Å²) in [7, 11) is 1.47. The first-order valence-corrected chi connectivity index (χ1v) is 3.81. The van der Waals surface area contributed by atoms with Crippen molar-refractivity contribution < 1.29 is 9.13 Å². The van der Waals surface area contributed by atoms with Crippen molar-refractivity contribution in [2.24, 2.45) is 5.73 Å². The van der Waals surface area contributed by atoms with Crippen LogP contribution in [0.5, 0.6) is 5.75 Å². The van der Waals surface area contributed by atoms with Gasteiger partial charge in [0, 0.05) is 0 Å². The second kappa shape index (κ2) is 4.48. The normalized spacial score (nSPS) is 8.85. The summed E-state index contributed by atoms with van der Waals surface area (Å²) in [6, 6.07) is 4.56. The van der Waals surface area contributed by atoms with Crippen molar-refractivity contribution in [3.05, 3.63) is 29.6 Å². The van der Waals surface area contributed by atoms with E-state index in [1.807, 2.05) is 0 Å². The third-order valence-electron chi connectivity index (χ3n) is 1.51. The van der Waals surface area contributed by atoms with Crippen molar-refractivity contribution in [1.82, 2.24) is 0 Å². The summed E-state index contributed by atoms with van der Waals surface area (Å²) in [5.74, 6) is 5.24.